The molecule has 0 spiro atoms. The number of hydrogen-bond acceptors (Lipinski definition) is 8. The van der Waals surface area contributed by atoms with Crippen molar-refractivity contribution in [1.29, 1.82) is 0 Å². The molecule has 0 fully saturated rings. The van der Waals surface area contributed by atoms with Crippen LogP contribution in [0.15, 0.2) is 35.1 Å². The Balaban J connectivity index is 1.77. The van der Waals surface area contributed by atoms with Crippen LogP contribution in [0.1, 0.15) is 11.6 Å². The summed E-state index contributed by atoms with van der Waals surface area (Å²) in [7, 11) is 3.18. The van der Waals surface area contributed by atoms with Crippen LogP contribution >= 0.6 is 0 Å². The third kappa shape index (κ3) is 4.05. The summed E-state index contributed by atoms with van der Waals surface area (Å²) in [5.41, 5.74) is -0.332. The van der Waals surface area contributed by atoms with Crippen LogP contribution in [0.25, 0.3) is 11.4 Å². The molecule has 0 saturated heterocycles. The Morgan fingerprint density at radius 1 is 1.12 bits per heavy atom. The van der Waals surface area contributed by atoms with Crippen molar-refractivity contribution in [1.82, 2.24) is 25.1 Å². The van der Waals surface area contributed by atoms with Crippen molar-refractivity contribution in [2.24, 2.45) is 0 Å². The van der Waals surface area contributed by atoms with E-state index < -0.39 is 11.9 Å². The summed E-state index contributed by atoms with van der Waals surface area (Å²) < 4.78 is 44.0. The number of pyridine rings is 1. The Bertz CT molecular complexity index is 880. The highest BCUT2D eigenvalue weighted by Gasteiger charge is 2.34. The van der Waals surface area contributed by atoms with Gasteiger partial charge in [-0.15, -0.1) is 0 Å². The smallest absolute Gasteiger partial charge is 0.363 e. The summed E-state index contributed by atoms with van der Waals surface area (Å²) >= 11 is 0. The number of halogens is 3. The maximum Gasteiger partial charge on any atom is 0.433 e. The molecule has 0 aliphatic heterocycles. The van der Waals surface area contributed by atoms with Gasteiger partial charge in [-0.3, -0.25) is 4.98 Å². The molecule has 3 aromatic rings. The molecule has 8 nitrogen and oxygen atoms in total. The van der Waals surface area contributed by atoms with Gasteiger partial charge in [0, 0.05) is 38.1 Å². The molecule has 0 aliphatic carbocycles. The van der Waals surface area contributed by atoms with E-state index in [1.54, 1.807) is 38.6 Å². The molecular weight excluding hydrogens is 351 g/mol. The van der Waals surface area contributed by atoms with Crippen molar-refractivity contribution in [3.63, 3.8) is 0 Å². The highest BCUT2D eigenvalue weighted by atomic mass is 19.4. The minimum atomic E-state index is -4.58. The van der Waals surface area contributed by atoms with E-state index in [2.05, 4.69) is 30.4 Å². The Kier molecular flexibility index (Phi) is 4.69. The van der Waals surface area contributed by atoms with E-state index in [-0.39, 0.29) is 24.2 Å². The molecule has 0 unspecified atom stereocenters. The van der Waals surface area contributed by atoms with E-state index in [1.807, 2.05) is 0 Å². The number of nitrogens with zero attached hydrogens (tertiary/aromatic N) is 6. The molecule has 0 amide bonds. The SMILES string of the molecule is CN(C)c1cc(C(F)(F)F)nc(NCc2nc(-c3ccncc3)no2)n1. The monoisotopic (exact) mass is 365 g/mol. The predicted molar refractivity (Wildman–Crippen MR) is 86.2 cm³/mol. The van der Waals surface area contributed by atoms with Crippen LogP contribution < -0.4 is 10.2 Å². The average molecular weight is 365 g/mol. The quantitative estimate of drug-likeness (QED) is 0.738. The van der Waals surface area contributed by atoms with E-state index in [1.165, 1.54) is 4.90 Å². The van der Waals surface area contributed by atoms with Crippen molar-refractivity contribution < 1.29 is 17.7 Å². The van der Waals surface area contributed by atoms with Crippen LogP contribution in [0.4, 0.5) is 24.9 Å². The average Bonchev–Trinajstić information content (AvgIpc) is 3.09. The molecule has 0 radical (unpaired) electrons. The largest absolute Gasteiger partial charge is 0.433 e. The van der Waals surface area contributed by atoms with Gasteiger partial charge in [0.1, 0.15) is 5.82 Å². The van der Waals surface area contributed by atoms with Gasteiger partial charge in [0.15, 0.2) is 5.69 Å². The Morgan fingerprint density at radius 2 is 1.85 bits per heavy atom. The molecule has 0 atom stereocenters. The molecule has 3 rings (SSSR count). The lowest BCUT2D eigenvalue weighted by atomic mass is 10.2. The van der Waals surface area contributed by atoms with Gasteiger partial charge in [0.2, 0.25) is 17.7 Å². The standard InChI is InChI=1S/C15H14F3N7O/c1-25(2)11-7-10(15(16,17)18)21-14(22-11)20-8-12-23-13(24-26-12)9-3-5-19-6-4-9/h3-7H,8H2,1-2H3,(H,20,21,22). The minimum absolute atomic E-state index is 0.0216. The molecule has 3 heterocycles. The van der Waals surface area contributed by atoms with E-state index in [0.717, 1.165) is 6.07 Å². The van der Waals surface area contributed by atoms with E-state index in [4.69, 9.17) is 4.52 Å². The van der Waals surface area contributed by atoms with Gasteiger partial charge in [-0.25, -0.2) is 4.98 Å². The van der Waals surface area contributed by atoms with Gasteiger partial charge in [-0.05, 0) is 12.1 Å². The van der Waals surface area contributed by atoms with Crippen molar-refractivity contribution in [3.8, 4) is 11.4 Å². The van der Waals surface area contributed by atoms with Crippen molar-refractivity contribution >= 4 is 11.8 Å². The zero-order valence-electron chi connectivity index (χ0n) is 13.8. The van der Waals surface area contributed by atoms with Gasteiger partial charge >= 0.3 is 6.18 Å². The second-order valence-electron chi connectivity index (χ2n) is 5.43. The van der Waals surface area contributed by atoms with Gasteiger partial charge in [-0.2, -0.15) is 23.1 Å². The van der Waals surface area contributed by atoms with Crippen molar-refractivity contribution in [2.75, 3.05) is 24.3 Å². The van der Waals surface area contributed by atoms with Gasteiger partial charge in [0.25, 0.3) is 0 Å². The molecule has 0 saturated carbocycles. The number of nitrogens with one attached hydrogen (secondary N) is 1. The fourth-order valence-corrected chi connectivity index (χ4v) is 1.99. The zero-order chi connectivity index (χ0) is 18.7. The number of rotatable bonds is 5. The second-order valence-corrected chi connectivity index (χ2v) is 5.43. The third-order valence-corrected chi connectivity index (χ3v) is 3.27. The normalized spacial score (nSPS) is 11.4. The lowest BCUT2D eigenvalue weighted by Crippen LogP contribution is -2.17. The molecule has 136 valence electrons. The summed E-state index contributed by atoms with van der Waals surface area (Å²) in [6.07, 6.45) is -1.41. The summed E-state index contributed by atoms with van der Waals surface area (Å²) in [4.78, 5) is 17.0. The molecule has 26 heavy (non-hydrogen) atoms. The second kappa shape index (κ2) is 6.94. The van der Waals surface area contributed by atoms with Gasteiger partial charge in [0.05, 0.1) is 6.54 Å². The van der Waals surface area contributed by atoms with E-state index >= 15 is 0 Å². The summed E-state index contributed by atoms with van der Waals surface area (Å²) in [6.45, 7) is -0.0216. The fourth-order valence-electron chi connectivity index (χ4n) is 1.99. The molecular formula is C15H14F3N7O. The van der Waals surface area contributed by atoms with Crippen LogP contribution in [-0.2, 0) is 12.7 Å². The first-order valence-electron chi connectivity index (χ1n) is 7.43. The molecule has 0 bridgehead atoms. The minimum Gasteiger partial charge on any atom is -0.363 e. The van der Waals surface area contributed by atoms with Gasteiger partial charge in [-0.1, -0.05) is 5.16 Å². The van der Waals surface area contributed by atoms with Crippen LogP contribution in [0.2, 0.25) is 0 Å². The maximum absolute atomic E-state index is 13.0. The van der Waals surface area contributed by atoms with Crippen LogP contribution in [0, 0.1) is 0 Å². The van der Waals surface area contributed by atoms with Crippen molar-refractivity contribution in [2.45, 2.75) is 12.7 Å². The zero-order valence-corrected chi connectivity index (χ0v) is 13.8. The van der Waals surface area contributed by atoms with E-state index in [0.29, 0.717) is 11.4 Å². The molecule has 11 heteroatoms. The van der Waals surface area contributed by atoms with Crippen LogP contribution in [0.5, 0.6) is 0 Å². The fraction of sp³-hybridized carbons (Fsp3) is 0.267. The Morgan fingerprint density at radius 3 is 2.50 bits per heavy atom. The number of anilines is 2. The topological polar surface area (TPSA) is 92.9 Å². The number of hydrogen-bond donors (Lipinski definition) is 1. The van der Waals surface area contributed by atoms with Crippen LogP contribution in [-0.4, -0.2) is 39.2 Å². The first kappa shape index (κ1) is 17.6. The molecule has 3 aromatic heterocycles. The summed E-state index contributed by atoms with van der Waals surface area (Å²) in [6, 6.07) is 4.29. The molecule has 1 N–H and O–H groups in total. The lowest BCUT2D eigenvalue weighted by molar-refractivity contribution is -0.141. The third-order valence-electron chi connectivity index (χ3n) is 3.27. The maximum atomic E-state index is 13.0. The summed E-state index contributed by atoms with van der Waals surface area (Å²) in [5, 5.41) is 6.49. The first-order chi connectivity index (χ1) is 12.3. The van der Waals surface area contributed by atoms with Crippen molar-refractivity contribution in [3.05, 3.63) is 42.2 Å². The molecule has 0 aromatic carbocycles. The van der Waals surface area contributed by atoms with E-state index in [9.17, 15) is 13.2 Å². The summed E-state index contributed by atoms with van der Waals surface area (Å²) in [5.74, 6) is 0.470. The Hall–Kier alpha value is -3.24. The number of aromatic nitrogens is 5. The Labute approximate surface area is 146 Å². The predicted octanol–water partition coefficient (Wildman–Crippen LogP) is 2.62. The van der Waals surface area contributed by atoms with Gasteiger partial charge < -0.3 is 14.7 Å². The highest BCUT2D eigenvalue weighted by molar-refractivity contribution is 5.52. The molecule has 0 aliphatic rings. The highest BCUT2D eigenvalue weighted by Crippen LogP contribution is 2.30. The first-order valence-corrected chi connectivity index (χ1v) is 7.43. The number of alkyl halides is 3. The van der Waals surface area contributed by atoms with Crippen LogP contribution in [0.3, 0.4) is 0 Å². The lowest BCUT2D eigenvalue weighted by Gasteiger charge is -2.15.